The quantitative estimate of drug-likeness (QED) is 0.727. The Hall–Kier alpha value is -2.88. The first-order chi connectivity index (χ1) is 10.9. The zero-order valence-corrected chi connectivity index (χ0v) is 12.2. The van der Waals surface area contributed by atoms with Crippen LogP contribution >= 0.6 is 0 Å². The lowest BCUT2D eigenvalue weighted by molar-refractivity contribution is 1.04. The third-order valence-corrected chi connectivity index (χ3v) is 3.28. The molecule has 0 saturated heterocycles. The van der Waals surface area contributed by atoms with Crippen LogP contribution in [0, 0.1) is 0 Å². The molecule has 4 heteroatoms. The topological polar surface area (TPSA) is 49.8 Å². The second-order valence-electron chi connectivity index (χ2n) is 4.93. The van der Waals surface area contributed by atoms with E-state index < -0.39 is 0 Å². The summed E-state index contributed by atoms with van der Waals surface area (Å²) in [5.41, 5.74) is 4.21. The highest BCUT2D eigenvalue weighted by Crippen LogP contribution is 2.15. The molecule has 22 heavy (non-hydrogen) atoms. The van der Waals surface area contributed by atoms with Crippen molar-refractivity contribution in [3.63, 3.8) is 0 Å². The highest BCUT2D eigenvalue weighted by atomic mass is 14.9. The molecule has 2 heterocycles. The molecular weight excluding hydrogens is 272 g/mol. The van der Waals surface area contributed by atoms with Crippen molar-refractivity contribution in [2.24, 2.45) is 0 Å². The van der Waals surface area contributed by atoms with Gasteiger partial charge in [-0.1, -0.05) is 12.1 Å². The Morgan fingerprint density at radius 2 is 1.05 bits per heavy atom. The third kappa shape index (κ3) is 4.06. The smallest absolute Gasteiger partial charge is 0.0594 e. The van der Waals surface area contributed by atoms with Crippen LogP contribution in [0.3, 0.4) is 0 Å². The number of anilines is 2. The molecule has 0 aliphatic carbocycles. The summed E-state index contributed by atoms with van der Waals surface area (Å²) < 4.78 is 0. The van der Waals surface area contributed by atoms with Crippen LogP contribution in [0.25, 0.3) is 0 Å². The van der Waals surface area contributed by atoms with E-state index in [-0.39, 0.29) is 0 Å². The van der Waals surface area contributed by atoms with Gasteiger partial charge in [-0.15, -0.1) is 0 Å². The van der Waals surface area contributed by atoms with E-state index in [4.69, 9.17) is 0 Å². The summed E-state index contributed by atoms with van der Waals surface area (Å²) in [5.74, 6) is 0. The summed E-state index contributed by atoms with van der Waals surface area (Å²) in [4.78, 5) is 8.59. The Bertz CT molecular complexity index is 619. The van der Waals surface area contributed by atoms with E-state index in [0.29, 0.717) is 0 Å². The first-order valence-electron chi connectivity index (χ1n) is 7.28. The molecule has 1 aromatic carbocycles. The maximum atomic E-state index is 4.29. The molecule has 2 N–H and O–H groups in total. The Morgan fingerprint density at radius 3 is 1.41 bits per heavy atom. The van der Waals surface area contributed by atoms with Crippen LogP contribution in [0.2, 0.25) is 0 Å². The van der Waals surface area contributed by atoms with Crippen molar-refractivity contribution in [1.29, 1.82) is 0 Å². The highest BCUT2D eigenvalue weighted by molar-refractivity contribution is 5.53. The lowest BCUT2D eigenvalue weighted by atomic mass is 10.2. The molecular formula is C18H18N4. The summed E-state index contributed by atoms with van der Waals surface area (Å²) in [6.07, 6.45) is 3.61. The molecule has 0 atom stereocenters. The van der Waals surface area contributed by atoms with E-state index in [1.807, 2.05) is 48.8 Å². The zero-order chi connectivity index (χ0) is 15.0. The molecule has 3 rings (SSSR count). The number of hydrogen-bond acceptors (Lipinski definition) is 4. The number of hydrogen-bond donors (Lipinski definition) is 2. The Kier molecular flexibility index (Phi) is 4.62. The lowest BCUT2D eigenvalue weighted by Gasteiger charge is -2.09. The molecule has 3 aromatic rings. The predicted octanol–water partition coefficient (Wildman–Crippen LogP) is 3.70. The first kappa shape index (κ1) is 14.1. The van der Waals surface area contributed by atoms with Crippen molar-refractivity contribution < 1.29 is 0 Å². The molecule has 0 bridgehead atoms. The van der Waals surface area contributed by atoms with Gasteiger partial charge in [0.1, 0.15) is 0 Å². The summed E-state index contributed by atoms with van der Waals surface area (Å²) in [5, 5.41) is 6.72. The molecule has 0 radical (unpaired) electrons. The molecule has 0 saturated carbocycles. The van der Waals surface area contributed by atoms with Gasteiger partial charge in [0.15, 0.2) is 0 Å². The van der Waals surface area contributed by atoms with E-state index in [0.717, 1.165) is 35.9 Å². The minimum atomic E-state index is 0.724. The second kappa shape index (κ2) is 7.22. The summed E-state index contributed by atoms with van der Waals surface area (Å²) in [6, 6.07) is 20.1. The minimum Gasteiger partial charge on any atom is -0.379 e. The number of rotatable bonds is 6. The van der Waals surface area contributed by atoms with Gasteiger partial charge in [-0.25, -0.2) is 0 Å². The summed E-state index contributed by atoms with van der Waals surface area (Å²) >= 11 is 0. The van der Waals surface area contributed by atoms with Crippen LogP contribution in [-0.2, 0) is 13.1 Å². The predicted molar refractivity (Wildman–Crippen MR) is 89.6 cm³/mol. The largest absolute Gasteiger partial charge is 0.379 e. The van der Waals surface area contributed by atoms with E-state index in [1.165, 1.54) is 0 Å². The number of pyridine rings is 2. The molecule has 0 aliphatic rings. The Balaban J connectivity index is 1.52. The first-order valence-corrected chi connectivity index (χ1v) is 7.28. The molecule has 110 valence electrons. The highest BCUT2D eigenvalue weighted by Gasteiger charge is 1.97. The van der Waals surface area contributed by atoms with Gasteiger partial charge in [0.25, 0.3) is 0 Å². The van der Waals surface area contributed by atoms with Gasteiger partial charge in [-0.05, 0) is 48.5 Å². The molecule has 0 amide bonds. The summed E-state index contributed by atoms with van der Waals surface area (Å²) in [6.45, 7) is 1.45. The fourth-order valence-electron chi connectivity index (χ4n) is 2.10. The van der Waals surface area contributed by atoms with Crippen molar-refractivity contribution in [2.75, 3.05) is 10.6 Å². The van der Waals surface area contributed by atoms with E-state index in [2.05, 4.69) is 44.9 Å². The standard InChI is InChI=1S/C18H18N4/c1-3-11-19-17(5-1)13-21-15-7-9-16(10-8-15)22-14-18-6-2-4-12-20-18/h1-12,21-22H,13-14H2. The van der Waals surface area contributed by atoms with Gasteiger partial charge in [0.2, 0.25) is 0 Å². The molecule has 2 aromatic heterocycles. The minimum absolute atomic E-state index is 0.724. The normalized spacial score (nSPS) is 10.2. The van der Waals surface area contributed by atoms with Crippen LogP contribution in [0.15, 0.2) is 73.1 Å². The fraction of sp³-hybridized carbons (Fsp3) is 0.111. The molecule has 0 fully saturated rings. The fourth-order valence-corrected chi connectivity index (χ4v) is 2.10. The number of nitrogens with zero attached hydrogens (tertiary/aromatic N) is 2. The van der Waals surface area contributed by atoms with Crippen molar-refractivity contribution in [3.05, 3.63) is 84.4 Å². The van der Waals surface area contributed by atoms with Crippen LogP contribution in [0.5, 0.6) is 0 Å². The van der Waals surface area contributed by atoms with Gasteiger partial charge >= 0.3 is 0 Å². The van der Waals surface area contributed by atoms with Crippen molar-refractivity contribution in [2.45, 2.75) is 13.1 Å². The van der Waals surface area contributed by atoms with E-state index in [9.17, 15) is 0 Å². The third-order valence-electron chi connectivity index (χ3n) is 3.28. The number of aromatic nitrogens is 2. The Morgan fingerprint density at radius 1 is 0.591 bits per heavy atom. The van der Waals surface area contributed by atoms with E-state index >= 15 is 0 Å². The van der Waals surface area contributed by atoms with Crippen molar-refractivity contribution >= 4 is 11.4 Å². The number of benzene rings is 1. The van der Waals surface area contributed by atoms with Gasteiger partial charge in [0, 0.05) is 23.8 Å². The summed E-state index contributed by atoms with van der Waals surface area (Å²) in [7, 11) is 0. The average molecular weight is 290 g/mol. The van der Waals surface area contributed by atoms with Gasteiger partial charge < -0.3 is 10.6 Å². The SMILES string of the molecule is c1ccc(CNc2ccc(NCc3ccccn3)cc2)nc1. The monoisotopic (exact) mass is 290 g/mol. The van der Waals surface area contributed by atoms with Crippen LogP contribution in [-0.4, -0.2) is 9.97 Å². The van der Waals surface area contributed by atoms with Gasteiger partial charge in [-0.2, -0.15) is 0 Å². The van der Waals surface area contributed by atoms with E-state index in [1.54, 1.807) is 0 Å². The van der Waals surface area contributed by atoms with Crippen molar-refractivity contribution in [1.82, 2.24) is 9.97 Å². The lowest BCUT2D eigenvalue weighted by Crippen LogP contribution is -2.02. The molecule has 4 nitrogen and oxygen atoms in total. The molecule has 0 aliphatic heterocycles. The Labute approximate surface area is 130 Å². The zero-order valence-electron chi connectivity index (χ0n) is 12.2. The maximum Gasteiger partial charge on any atom is 0.0594 e. The van der Waals surface area contributed by atoms with Crippen molar-refractivity contribution in [3.8, 4) is 0 Å². The molecule has 0 unspecified atom stereocenters. The van der Waals surface area contributed by atoms with Gasteiger partial charge in [0.05, 0.1) is 24.5 Å². The second-order valence-corrected chi connectivity index (χ2v) is 4.93. The molecule has 0 spiro atoms. The maximum absolute atomic E-state index is 4.29. The number of nitrogens with one attached hydrogen (secondary N) is 2. The average Bonchev–Trinajstić information content (AvgIpc) is 2.61. The van der Waals surface area contributed by atoms with Crippen LogP contribution in [0.4, 0.5) is 11.4 Å². The van der Waals surface area contributed by atoms with Crippen LogP contribution in [0.1, 0.15) is 11.4 Å². The van der Waals surface area contributed by atoms with Crippen LogP contribution < -0.4 is 10.6 Å². The van der Waals surface area contributed by atoms with Gasteiger partial charge in [-0.3, -0.25) is 9.97 Å².